The van der Waals surface area contributed by atoms with Crippen LogP contribution in [0.5, 0.6) is 5.75 Å². The summed E-state index contributed by atoms with van der Waals surface area (Å²) < 4.78 is 5.37. The molecular weight excluding hydrogens is 204 g/mol. The van der Waals surface area contributed by atoms with Crippen molar-refractivity contribution in [1.29, 1.82) is 0 Å². The topological polar surface area (TPSA) is 43.4 Å². The quantitative estimate of drug-likeness (QED) is 0.762. The molecule has 2 rings (SSSR count). The van der Waals surface area contributed by atoms with Crippen molar-refractivity contribution in [2.75, 3.05) is 6.61 Å². The van der Waals surface area contributed by atoms with E-state index in [-0.39, 0.29) is 11.6 Å². The van der Waals surface area contributed by atoms with Crippen molar-refractivity contribution >= 4 is 11.6 Å². The third kappa shape index (κ3) is 1.54. The van der Waals surface area contributed by atoms with Crippen LogP contribution in [0, 0.1) is 0 Å². The number of allylic oxidation sites excluding steroid dienone is 2. The summed E-state index contributed by atoms with van der Waals surface area (Å²) in [5.41, 5.74) is 1.29. The Kier molecular flexibility index (Phi) is 2.60. The van der Waals surface area contributed by atoms with E-state index in [0.717, 1.165) is 0 Å². The predicted molar refractivity (Wildman–Crippen MR) is 60.0 cm³/mol. The Labute approximate surface area is 93.7 Å². The summed E-state index contributed by atoms with van der Waals surface area (Å²) in [6, 6.07) is 5.09. The molecule has 1 aromatic rings. The van der Waals surface area contributed by atoms with Crippen LogP contribution in [0.3, 0.4) is 0 Å². The van der Waals surface area contributed by atoms with Crippen molar-refractivity contribution in [1.82, 2.24) is 0 Å². The molecule has 0 amide bonds. The Morgan fingerprint density at radius 1 is 1.25 bits per heavy atom. The lowest BCUT2D eigenvalue weighted by Gasteiger charge is -2.16. The highest BCUT2D eigenvalue weighted by atomic mass is 16.5. The maximum absolute atomic E-state index is 12.0. The SMILES string of the molecule is CCOc1cccc2c1C(=O)C(C)=CC2=O. The Morgan fingerprint density at radius 2 is 2.00 bits per heavy atom. The molecule has 0 bridgehead atoms. The molecule has 0 spiro atoms. The van der Waals surface area contributed by atoms with Gasteiger partial charge in [0.05, 0.1) is 12.2 Å². The van der Waals surface area contributed by atoms with Crippen molar-refractivity contribution in [3.63, 3.8) is 0 Å². The first-order chi connectivity index (χ1) is 7.65. The molecule has 1 aliphatic rings. The molecule has 0 fully saturated rings. The second kappa shape index (κ2) is 3.93. The number of ether oxygens (including phenoxy) is 1. The lowest BCUT2D eigenvalue weighted by molar-refractivity contribution is 0.0981. The number of Topliss-reactive ketones (excluding diaryl/α,β-unsaturated/α-hetero) is 1. The van der Waals surface area contributed by atoms with Crippen LogP contribution in [0.4, 0.5) is 0 Å². The lowest BCUT2D eigenvalue weighted by Crippen LogP contribution is -2.17. The number of ketones is 2. The monoisotopic (exact) mass is 216 g/mol. The largest absolute Gasteiger partial charge is 0.493 e. The Bertz CT molecular complexity index is 498. The summed E-state index contributed by atoms with van der Waals surface area (Å²) >= 11 is 0. The smallest absolute Gasteiger partial charge is 0.193 e. The number of hydrogen-bond donors (Lipinski definition) is 0. The molecule has 3 nitrogen and oxygen atoms in total. The number of benzene rings is 1. The normalized spacial score (nSPS) is 14.5. The Hall–Kier alpha value is -1.90. The van der Waals surface area contributed by atoms with Gasteiger partial charge in [0, 0.05) is 11.1 Å². The van der Waals surface area contributed by atoms with Crippen LogP contribution in [-0.2, 0) is 0 Å². The molecular formula is C13H12O3. The molecule has 1 aliphatic carbocycles. The molecule has 0 saturated heterocycles. The second-order valence-corrected chi connectivity index (χ2v) is 3.63. The molecule has 0 aromatic heterocycles. The molecule has 0 atom stereocenters. The van der Waals surface area contributed by atoms with Gasteiger partial charge >= 0.3 is 0 Å². The third-order valence-electron chi connectivity index (χ3n) is 2.52. The van der Waals surface area contributed by atoms with E-state index in [9.17, 15) is 9.59 Å². The van der Waals surface area contributed by atoms with Gasteiger partial charge in [-0.1, -0.05) is 12.1 Å². The maximum atomic E-state index is 12.0. The minimum atomic E-state index is -0.131. The predicted octanol–water partition coefficient (Wildman–Crippen LogP) is 2.41. The van der Waals surface area contributed by atoms with Gasteiger partial charge in [0.1, 0.15) is 5.75 Å². The fourth-order valence-corrected chi connectivity index (χ4v) is 1.78. The van der Waals surface area contributed by atoms with E-state index >= 15 is 0 Å². The third-order valence-corrected chi connectivity index (χ3v) is 2.52. The number of carbonyl (C=O) groups excluding carboxylic acids is 2. The first kappa shape index (κ1) is 10.6. The van der Waals surface area contributed by atoms with Crippen LogP contribution in [0.15, 0.2) is 29.8 Å². The van der Waals surface area contributed by atoms with Crippen molar-refractivity contribution in [3.05, 3.63) is 41.0 Å². The van der Waals surface area contributed by atoms with E-state index < -0.39 is 0 Å². The number of rotatable bonds is 2. The molecule has 82 valence electrons. The minimum absolute atomic E-state index is 0.126. The van der Waals surface area contributed by atoms with E-state index in [1.54, 1.807) is 25.1 Å². The lowest BCUT2D eigenvalue weighted by atomic mass is 9.89. The summed E-state index contributed by atoms with van der Waals surface area (Å²) in [5.74, 6) is 0.234. The van der Waals surface area contributed by atoms with Gasteiger partial charge in [-0.3, -0.25) is 9.59 Å². The van der Waals surface area contributed by atoms with Crippen LogP contribution < -0.4 is 4.74 Å². The van der Waals surface area contributed by atoms with E-state index in [4.69, 9.17) is 4.74 Å². The highest BCUT2D eigenvalue weighted by Crippen LogP contribution is 2.29. The number of hydrogen-bond acceptors (Lipinski definition) is 3. The first-order valence-electron chi connectivity index (χ1n) is 5.18. The van der Waals surface area contributed by atoms with E-state index in [1.165, 1.54) is 6.08 Å². The summed E-state index contributed by atoms with van der Waals surface area (Å²) in [6.07, 6.45) is 1.38. The van der Waals surface area contributed by atoms with Crippen molar-refractivity contribution in [2.45, 2.75) is 13.8 Å². The van der Waals surface area contributed by atoms with E-state index in [2.05, 4.69) is 0 Å². The first-order valence-corrected chi connectivity index (χ1v) is 5.18. The number of fused-ring (bicyclic) bond motifs is 1. The molecule has 0 aliphatic heterocycles. The van der Waals surface area contributed by atoms with Gasteiger partial charge in [0.15, 0.2) is 11.6 Å². The van der Waals surface area contributed by atoms with Gasteiger partial charge < -0.3 is 4.74 Å². The average molecular weight is 216 g/mol. The maximum Gasteiger partial charge on any atom is 0.193 e. The minimum Gasteiger partial charge on any atom is -0.493 e. The van der Waals surface area contributed by atoms with E-state index in [0.29, 0.717) is 29.1 Å². The van der Waals surface area contributed by atoms with Crippen LogP contribution in [0.25, 0.3) is 0 Å². The van der Waals surface area contributed by atoms with Gasteiger partial charge in [-0.05, 0) is 26.0 Å². The molecule has 0 heterocycles. The van der Waals surface area contributed by atoms with Gasteiger partial charge in [-0.25, -0.2) is 0 Å². The molecule has 0 radical (unpaired) electrons. The highest BCUT2D eigenvalue weighted by molar-refractivity contribution is 6.25. The fraction of sp³-hybridized carbons (Fsp3) is 0.231. The fourth-order valence-electron chi connectivity index (χ4n) is 1.78. The zero-order valence-electron chi connectivity index (χ0n) is 9.24. The van der Waals surface area contributed by atoms with Crippen LogP contribution in [0.1, 0.15) is 34.6 Å². The second-order valence-electron chi connectivity index (χ2n) is 3.63. The van der Waals surface area contributed by atoms with Crippen molar-refractivity contribution in [2.24, 2.45) is 0 Å². The van der Waals surface area contributed by atoms with Crippen molar-refractivity contribution < 1.29 is 14.3 Å². The Balaban J connectivity index is 2.63. The summed E-state index contributed by atoms with van der Waals surface area (Å²) in [7, 11) is 0. The van der Waals surface area contributed by atoms with Gasteiger partial charge in [-0.2, -0.15) is 0 Å². The zero-order chi connectivity index (χ0) is 11.7. The number of carbonyl (C=O) groups is 2. The summed E-state index contributed by atoms with van der Waals surface area (Å²) in [6.45, 7) is 3.96. The Morgan fingerprint density at radius 3 is 2.69 bits per heavy atom. The molecule has 0 N–H and O–H groups in total. The van der Waals surface area contributed by atoms with Gasteiger partial charge in [-0.15, -0.1) is 0 Å². The molecule has 16 heavy (non-hydrogen) atoms. The van der Waals surface area contributed by atoms with Gasteiger partial charge in [0.25, 0.3) is 0 Å². The molecule has 3 heteroatoms. The van der Waals surface area contributed by atoms with Crippen LogP contribution in [-0.4, -0.2) is 18.2 Å². The van der Waals surface area contributed by atoms with E-state index in [1.807, 2.05) is 6.92 Å². The standard InChI is InChI=1S/C13H12O3/c1-3-16-11-6-4-5-9-10(14)7-8(2)13(15)12(9)11/h4-7H,3H2,1-2H3. The molecule has 0 saturated carbocycles. The highest BCUT2D eigenvalue weighted by Gasteiger charge is 2.26. The zero-order valence-corrected chi connectivity index (χ0v) is 9.24. The van der Waals surface area contributed by atoms with Crippen LogP contribution >= 0.6 is 0 Å². The van der Waals surface area contributed by atoms with Crippen molar-refractivity contribution in [3.8, 4) is 5.75 Å². The molecule has 0 unspecified atom stereocenters. The summed E-state index contributed by atoms with van der Waals surface area (Å²) in [5, 5.41) is 0. The van der Waals surface area contributed by atoms with Crippen LogP contribution in [0.2, 0.25) is 0 Å². The van der Waals surface area contributed by atoms with Gasteiger partial charge in [0.2, 0.25) is 0 Å². The average Bonchev–Trinajstić information content (AvgIpc) is 2.26. The molecule has 1 aromatic carbocycles. The summed E-state index contributed by atoms with van der Waals surface area (Å²) in [4.78, 5) is 23.7.